The fraction of sp³-hybridized carbons (Fsp3) is 0.900. The van der Waals surface area contributed by atoms with Crippen LogP contribution in [0, 0.1) is 5.92 Å². The molecule has 0 radical (unpaired) electrons. The molecule has 3 N–H and O–H groups in total. The Bertz CT molecular complexity index is 180. The van der Waals surface area contributed by atoms with Crippen LogP contribution >= 0.6 is 0 Å². The molecule has 0 atom stereocenters. The van der Waals surface area contributed by atoms with Crippen LogP contribution < -0.4 is 11.3 Å². The summed E-state index contributed by atoms with van der Waals surface area (Å²) in [5.74, 6) is 5.82. The molecule has 1 saturated carbocycles. The number of carbonyl (C=O) groups excluding carboxylic acids is 1. The normalized spacial score (nSPS) is 16.8. The van der Waals surface area contributed by atoms with E-state index in [-0.39, 0.29) is 5.91 Å². The van der Waals surface area contributed by atoms with Gasteiger partial charge >= 0.3 is 0 Å². The number of nitrogens with one attached hydrogen (secondary N) is 1. The van der Waals surface area contributed by atoms with E-state index >= 15 is 0 Å². The maximum atomic E-state index is 10.9. The number of hydrogen-bond acceptors (Lipinski definition) is 3. The molecule has 1 amide bonds. The van der Waals surface area contributed by atoms with Crippen molar-refractivity contribution in [3.63, 3.8) is 0 Å². The van der Waals surface area contributed by atoms with Gasteiger partial charge in [0, 0.05) is 19.5 Å². The molecule has 0 aromatic rings. The SMILES string of the molecule is CCN(CCC(=O)NN)CC1CCC1. The topological polar surface area (TPSA) is 58.4 Å². The molecule has 1 fully saturated rings. The summed E-state index contributed by atoms with van der Waals surface area (Å²) in [5, 5.41) is 0. The van der Waals surface area contributed by atoms with E-state index in [1.54, 1.807) is 0 Å². The molecular weight excluding hydrogens is 178 g/mol. The molecule has 4 nitrogen and oxygen atoms in total. The lowest BCUT2D eigenvalue weighted by Gasteiger charge is -2.31. The van der Waals surface area contributed by atoms with Crippen molar-refractivity contribution in [2.45, 2.75) is 32.6 Å². The molecule has 1 aliphatic rings. The Morgan fingerprint density at radius 1 is 1.57 bits per heavy atom. The van der Waals surface area contributed by atoms with Gasteiger partial charge in [-0.15, -0.1) is 0 Å². The zero-order valence-corrected chi connectivity index (χ0v) is 8.96. The molecule has 82 valence electrons. The molecule has 0 heterocycles. The maximum Gasteiger partial charge on any atom is 0.235 e. The van der Waals surface area contributed by atoms with Crippen LogP contribution in [0.3, 0.4) is 0 Å². The summed E-state index contributed by atoms with van der Waals surface area (Å²) in [6.45, 7) is 5.14. The van der Waals surface area contributed by atoms with Gasteiger partial charge in [-0.1, -0.05) is 13.3 Å². The van der Waals surface area contributed by atoms with E-state index in [1.165, 1.54) is 19.3 Å². The lowest BCUT2D eigenvalue weighted by Crippen LogP contribution is -2.37. The van der Waals surface area contributed by atoms with Crippen LogP contribution in [-0.2, 0) is 4.79 Å². The first-order valence-electron chi connectivity index (χ1n) is 5.48. The molecule has 0 saturated heterocycles. The van der Waals surface area contributed by atoms with Gasteiger partial charge in [0.05, 0.1) is 0 Å². The Labute approximate surface area is 85.8 Å². The zero-order valence-electron chi connectivity index (χ0n) is 8.96. The first-order chi connectivity index (χ1) is 6.76. The third kappa shape index (κ3) is 3.64. The van der Waals surface area contributed by atoms with Crippen LogP contribution in [0.25, 0.3) is 0 Å². The number of nitrogens with two attached hydrogens (primary N) is 1. The van der Waals surface area contributed by atoms with Gasteiger partial charge in [-0.25, -0.2) is 5.84 Å². The van der Waals surface area contributed by atoms with Crippen molar-refractivity contribution in [3.8, 4) is 0 Å². The molecule has 1 rings (SSSR count). The van der Waals surface area contributed by atoms with Gasteiger partial charge in [-0.2, -0.15) is 0 Å². The van der Waals surface area contributed by atoms with Crippen LogP contribution in [0.4, 0.5) is 0 Å². The highest BCUT2D eigenvalue weighted by atomic mass is 16.2. The highest BCUT2D eigenvalue weighted by Crippen LogP contribution is 2.26. The number of rotatable bonds is 6. The van der Waals surface area contributed by atoms with E-state index in [9.17, 15) is 4.79 Å². The lowest BCUT2D eigenvalue weighted by atomic mass is 9.85. The molecular formula is C10H21N3O. The molecule has 0 aromatic carbocycles. The van der Waals surface area contributed by atoms with Crippen molar-refractivity contribution < 1.29 is 4.79 Å². The van der Waals surface area contributed by atoms with E-state index in [0.29, 0.717) is 6.42 Å². The quantitative estimate of drug-likeness (QED) is 0.372. The fourth-order valence-corrected chi connectivity index (χ4v) is 1.75. The molecule has 14 heavy (non-hydrogen) atoms. The van der Waals surface area contributed by atoms with Crippen LogP contribution in [-0.4, -0.2) is 30.4 Å². The largest absolute Gasteiger partial charge is 0.303 e. The molecule has 4 heteroatoms. The van der Waals surface area contributed by atoms with Crippen molar-refractivity contribution >= 4 is 5.91 Å². The number of hydrogen-bond donors (Lipinski definition) is 2. The Morgan fingerprint density at radius 2 is 2.29 bits per heavy atom. The van der Waals surface area contributed by atoms with Gasteiger partial charge in [-0.3, -0.25) is 10.2 Å². The van der Waals surface area contributed by atoms with Gasteiger partial charge < -0.3 is 4.90 Å². The monoisotopic (exact) mass is 199 g/mol. The van der Waals surface area contributed by atoms with Gasteiger partial charge in [0.1, 0.15) is 0 Å². The molecule has 0 bridgehead atoms. The third-order valence-electron chi connectivity index (χ3n) is 3.00. The molecule has 0 aliphatic heterocycles. The number of nitrogens with zero attached hydrogens (tertiary/aromatic N) is 1. The minimum absolute atomic E-state index is 0.0722. The summed E-state index contributed by atoms with van der Waals surface area (Å²) >= 11 is 0. The third-order valence-corrected chi connectivity index (χ3v) is 3.00. The van der Waals surface area contributed by atoms with Gasteiger partial charge in [0.15, 0.2) is 0 Å². The second-order valence-corrected chi connectivity index (χ2v) is 4.01. The second-order valence-electron chi connectivity index (χ2n) is 4.01. The number of carbonyl (C=O) groups is 1. The molecule has 0 unspecified atom stereocenters. The van der Waals surface area contributed by atoms with Crippen LogP contribution in [0.2, 0.25) is 0 Å². The van der Waals surface area contributed by atoms with Crippen LogP contribution in [0.1, 0.15) is 32.6 Å². The first-order valence-corrected chi connectivity index (χ1v) is 5.48. The predicted octanol–water partition coefficient (Wildman–Crippen LogP) is 0.488. The highest BCUT2D eigenvalue weighted by molar-refractivity contribution is 5.75. The summed E-state index contributed by atoms with van der Waals surface area (Å²) in [6, 6.07) is 0. The number of amides is 1. The summed E-state index contributed by atoms with van der Waals surface area (Å²) in [5.41, 5.74) is 2.16. The Hall–Kier alpha value is -0.610. The minimum atomic E-state index is -0.0722. The van der Waals surface area contributed by atoms with Gasteiger partial charge in [-0.05, 0) is 25.3 Å². The van der Waals surface area contributed by atoms with Crippen LogP contribution in [0.15, 0.2) is 0 Å². The standard InChI is InChI=1S/C10H21N3O/c1-2-13(7-6-10(14)12-11)8-9-4-3-5-9/h9H,2-8,11H2,1H3,(H,12,14). The van der Waals surface area contributed by atoms with Crippen molar-refractivity contribution in [1.82, 2.24) is 10.3 Å². The minimum Gasteiger partial charge on any atom is -0.303 e. The van der Waals surface area contributed by atoms with E-state index in [2.05, 4.69) is 17.2 Å². The summed E-state index contributed by atoms with van der Waals surface area (Å²) < 4.78 is 0. The average Bonchev–Trinajstić information content (AvgIpc) is 2.15. The average molecular weight is 199 g/mol. The van der Waals surface area contributed by atoms with E-state index in [0.717, 1.165) is 25.6 Å². The maximum absolute atomic E-state index is 10.9. The van der Waals surface area contributed by atoms with E-state index < -0.39 is 0 Å². The Morgan fingerprint density at radius 3 is 2.71 bits per heavy atom. The second kappa shape index (κ2) is 5.98. The Kier molecular flexibility index (Phi) is 4.90. The van der Waals surface area contributed by atoms with Crippen molar-refractivity contribution in [1.29, 1.82) is 0 Å². The van der Waals surface area contributed by atoms with Crippen molar-refractivity contribution in [2.24, 2.45) is 11.8 Å². The van der Waals surface area contributed by atoms with Crippen molar-refractivity contribution in [2.75, 3.05) is 19.6 Å². The fourth-order valence-electron chi connectivity index (χ4n) is 1.75. The van der Waals surface area contributed by atoms with E-state index in [4.69, 9.17) is 5.84 Å². The zero-order chi connectivity index (χ0) is 10.4. The van der Waals surface area contributed by atoms with Crippen LogP contribution in [0.5, 0.6) is 0 Å². The lowest BCUT2D eigenvalue weighted by molar-refractivity contribution is -0.121. The van der Waals surface area contributed by atoms with E-state index in [1.807, 2.05) is 0 Å². The summed E-state index contributed by atoms with van der Waals surface area (Å²) in [4.78, 5) is 13.3. The highest BCUT2D eigenvalue weighted by Gasteiger charge is 2.19. The smallest absolute Gasteiger partial charge is 0.235 e. The Balaban J connectivity index is 2.13. The van der Waals surface area contributed by atoms with Gasteiger partial charge in [0.2, 0.25) is 5.91 Å². The summed E-state index contributed by atoms with van der Waals surface area (Å²) in [6.07, 6.45) is 4.61. The van der Waals surface area contributed by atoms with Crippen molar-refractivity contribution in [3.05, 3.63) is 0 Å². The molecule has 0 aromatic heterocycles. The molecule has 1 aliphatic carbocycles. The first kappa shape index (κ1) is 11.5. The number of hydrazine groups is 1. The predicted molar refractivity (Wildman–Crippen MR) is 56.4 cm³/mol. The summed E-state index contributed by atoms with van der Waals surface area (Å²) in [7, 11) is 0. The van der Waals surface area contributed by atoms with Gasteiger partial charge in [0.25, 0.3) is 0 Å². The molecule has 0 spiro atoms.